The first-order valence-corrected chi connectivity index (χ1v) is 5.14. The number of rotatable bonds is 2. The quantitative estimate of drug-likeness (QED) is 0.664. The van der Waals surface area contributed by atoms with Crippen molar-refractivity contribution < 1.29 is 19.4 Å². The second-order valence-corrected chi connectivity index (χ2v) is 3.29. The lowest BCUT2D eigenvalue weighted by Crippen LogP contribution is -2.31. The molecule has 0 bridgehead atoms. The molecule has 0 spiro atoms. The van der Waals surface area contributed by atoms with Crippen LogP contribution in [0.3, 0.4) is 0 Å². The standard InChI is InChI=1S/C6H11NO2.C4H8O2/c8-6(9)5-1-3-7-4-2-5;1-3-6-4(2)5/h5,7H,1-4H2,(H,8,9);3H2,1-2H3. The SMILES string of the molecule is CCOC(C)=O.O=C(O)C1CCNCC1. The number of esters is 1. The summed E-state index contributed by atoms with van der Waals surface area (Å²) in [7, 11) is 0. The maximum atomic E-state index is 10.3. The zero-order valence-corrected chi connectivity index (χ0v) is 9.28. The van der Waals surface area contributed by atoms with Gasteiger partial charge in [-0.15, -0.1) is 0 Å². The first-order chi connectivity index (χ1) is 7.07. The molecule has 0 unspecified atom stereocenters. The van der Waals surface area contributed by atoms with E-state index in [0.29, 0.717) is 6.61 Å². The summed E-state index contributed by atoms with van der Waals surface area (Å²) >= 11 is 0. The summed E-state index contributed by atoms with van der Waals surface area (Å²) in [5.41, 5.74) is 0. The molecule has 5 nitrogen and oxygen atoms in total. The summed E-state index contributed by atoms with van der Waals surface area (Å²) in [6, 6.07) is 0. The third-order valence-corrected chi connectivity index (χ3v) is 2.04. The zero-order chi connectivity index (χ0) is 11.7. The fourth-order valence-electron chi connectivity index (χ4n) is 1.27. The Kier molecular flexibility index (Phi) is 7.62. The van der Waals surface area contributed by atoms with Gasteiger partial charge in [0.15, 0.2) is 0 Å². The summed E-state index contributed by atoms with van der Waals surface area (Å²) in [5, 5.41) is 11.6. The normalized spacial score (nSPS) is 16.1. The van der Waals surface area contributed by atoms with Crippen LogP contribution in [0.15, 0.2) is 0 Å². The Labute approximate surface area is 89.8 Å². The van der Waals surface area contributed by atoms with Gasteiger partial charge in [-0.3, -0.25) is 9.59 Å². The average Bonchev–Trinajstić information content (AvgIpc) is 2.20. The molecule has 0 aliphatic carbocycles. The maximum absolute atomic E-state index is 10.3. The van der Waals surface area contributed by atoms with Crippen LogP contribution in [-0.4, -0.2) is 36.7 Å². The molecule has 15 heavy (non-hydrogen) atoms. The Bertz CT molecular complexity index is 200. The number of carbonyl (C=O) groups excluding carboxylic acids is 1. The summed E-state index contributed by atoms with van der Waals surface area (Å²) in [6.07, 6.45) is 1.57. The molecule has 88 valence electrons. The molecule has 1 saturated heterocycles. The van der Waals surface area contributed by atoms with E-state index in [-0.39, 0.29) is 11.9 Å². The van der Waals surface area contributed by atoms with Crippen LogP contribution in [0.1, 0.15) is 26.7 Å². The molecule has 5 heteroatoms. The molecule has 0 aromatic carbocycles. The topological polar surface area (TPSA) is 75.6 Å². The van der Waals surface area contributed by atoms with Crippen molar-refractivity contribution >= 4 is 11.9 Å². The van der Waals surface area contributed by atoms with Crippen molar-refractivity contribution in [1.29, 1.82) is 0 Å². The third-order valence-electron chi connectivity index (χ3n) is 2.04. The van der Waals surface area contributed by atoms with Crippen molar-refractivity contribution in [2.24, 2.45) is 5.92 Å². The van der Waals surface area contributed by atoms with Crippen LogP contribution in [0.25, 0.3) is 0 Å². The highest BCUT2D eigenvalue weighted by molar-refractivity contribution is 5.70. The highest BCUT2D eigenvalue weighted by atomic mass is 16.5. The van der Waals surface area contributed by atoms with Gasteiger partial charge in [-0.1, -0.05) is 0 Å². The molecule has 0 amide bonds. The van der Waals surface area contributed by atoms with Crippen LogP contribution in [-0.2, 0) is 14.3 Å². The number of nitrogens with one attached hydrogen (secondary N) is 1. The Morgan fingerprint density at radius 2 is 1.93 bits per heavy atom. The van der Waals surface area contributed by atoms with E-state index in [0.717, 1.165) is 25.9 Å². The predicted molar refractivity (Wildman–Crippen MR) is 55.5 cm³/mol. The fourth-order valence-corrected chi connectivity index (χ4v) is 1.27. The van der Waals surface area contributed by atoms with E-state index >= 15 is 0 Å². The number of hydrogen-bond donors (Lipinski definition) is 2. The molecule has 1 aliphatic heterocycles. The third kappa shape index (κ3) is 7.93. The molecule has 1 heterocycles. The maximum Gasteiger partial charge on any atom is 0.306 e. The number of piperidine rings is 1. The Balaban J connectivity index is 0.000000288. The van der Waals surface area contributed by atoms with E-state index < -0.39 is 5.97 Å². The molecule has 0 aromatic rings. The molecule has 1 aliphatic rings. The first-order valence-electron chi connectivity index (χ1n) is 5.14. The van der Waals surface area contributed by atoms with Gasteiger partial charge >= 0.3 is 11.9 Å². The van der Waals surface area contributed by atoms with E-state index in [4.69, 9.17) is 5.11 Å². The van der Waals surface area contributed by atoms with Crippen LogP contribution < -0.4 is 5.32 Å². The molecule has 2 N–H and O–H groups in total. The minimum absolute atomic E-state index is 0.0914. The Hall–Kier alpha value is -1.10. The molecular weight excluding hydrogens is 198 g/mol. The van der Waals surface area contributed by atoms with Crippen molar-refractivity contribution in [3.63, 3.8) is 0 Å². The van der Waals surface area contributed by atoms with Gasteiger partial charge in [-0.05, 0) is 32.9 Å². The molecule has 0 radical (unpaired) electrons. The van der Waals surface area contributed by atoms with Crippen molar-refractivity contribution in [3.8, 4) is 0 Å². The summed E-state index contributed by atoms with van der Waals surface area (Å²) < 4.78 is 4.40. The van der Waals surface area contributed by atoms with Gasteiger partial charge in [0.25, 0.3) is 0 Å². The lowest BCUT2D eigenvalue weighted by atomic mass is 9.99. The van der Waals surface area contributed by atoms with Crippen molar-refractivity contribution in [2.45, 2.75) is 26.7 Å². The second kappa shape index (κ2) is 8.23. The molecule has 0 aromatic heterocycles. The number of ether oxygens (including phenoxy) is 1. The van der Waals surface area contributed by atoms with E-state index in [2.05, 4.69) is 10.1 Å². The van der Waals surface area contributed by atoms with E-state index in [1.807, 2.05) is 0 Å². The first kappa shape index (κ1) is 13.9. The van der Waals surface area contributed by atoms with Crippen LogP contribution in [0.5, 0.6) is 0 Å². The minimum Gasteiger partial charge on any atom is -0.481 e. The zero-order valence-electron chi connectivity index (χ0n) is 9.28. The van der Waals surface area contributed by atoms with Crippen LogP contribution in [0, 0.1) is 5.92 Å². The lowest BCUT2D eigenvalue weighted by molar-refractivity contribution is -0.142. The van der Waals surface area contributed by atoms with Gasteiger partial charge < -0.3 is 15.2 Å². The largest absolute Gasteiger partial charge is 0.481 e. The lowest BCUT2D eigenvalue weighted by Gasteiger charge is -2.17. The molecular formula is C10H19NO4. The number of carboxylic acids is 1. The number of hydrogen-bond acceptors (Lipinski definition) is 4. The average molecular weight is 217 g/mol. The van der Waals surface area contributed by atoms with E-state index in [1.54, 1.807) is 6.92 Å². The predicted octanol–water partition coefficient (Wildman–Crippen LogP) is 0.640. The Morgan fingerprint density at radius 1 is 1.40 bits per heavy atom. The Morgan fingerprint density at radius 3 is 2.13 bits per heavy atom. The van der Waals surface area contributed by atoms with Gasteiger partial charge in [-0.2, -0.15) is 0 Å². The van der Waals surface area contributed by atoms with Crippen molar-refractivity contribution in [2.75, 3.05) is 19.7 Å². The van der Waals surface area contributed by atoms with Crippen LogP contribution in [0.4, 0.5) is 0 Å². The molecule has 0 saturated carbocycles. The molecule has 1 rings (SSSR count). The summed E-state index contributed by atoms with van der Waals surface area (Å²) in [5.74, 6) is -0.944. The van der Waals surface area contributed by atoms with Gasteiger partial charge in [0, 0.05) is 6.92 Å². The number of carboxylic acid groups (broad SMARTS) is 1. The summed E-state index contributed by atoms with van der Waals surface area (Å²) in [4.78, 5) is 20.1. The van der Waals surface area contributed by atoms with Crippen molar-refractivity contribution in [1.82, 2.24) is 5.32 Å². The summed E-state index contributed by atoms with van der Waals surface area (Å²) in [6.45, 7) is 5.37. The smallest absolute Gasteiger partial charge is 0.306 e. The minimum atomic E-state index is -0.642. The van der Waals surface area contributed by atoms with Crippen LogP contribution >= 0.6 is 0 Å². The molecule has 1 fully saturated rings. The highest BCUT2D eigenvalue weighted by Crippen LogP contribution is 2.10. The number of carbonyl (C=O) groups is 2. The highest BCUT2D eigenvalue weighted by Gasteiger charge is 2.18. The monoisotopic (exact) mass is 217 g/mol. The van der Waals surface area contributed by atoms with E-state index in [1.165, 1.54) is 6.92 Å². The fraction of sp³-hybridized carbons (Fsp3) is 0.800. The van der Waals surface area contributed by atoms with Gasteiger partial charge in [0.2, 0.25) is 0 Å². The van der Waals surface area contributed by atoms with Crippen molar-refractivity contribution in [3.05, 3.63) is 0 Å². The van der Waals surface area contributed by atoms with E-state index in [9.17, 15) is 9.59 Å². The van der Waals surface area contributed by atoms with Gasteiger partial charge in [0.05, 0.1) is 12.5 Å². The second-order valence-electron chi connectivity index (χ2n) is 3.29. The van der Waals surface area contributed by atoms with Gasteiger partial charge in [0.1, 0.15) is 0 Å². The van der Waals surface area contributed by atoms with Gasteiger partial charge in [-0.25, -0.2) is 0 Å². The number of aliphatic carboxylic acids is 1. The van der Waals surface area contributed by atoms with Crippen LogP contribution in [0.2, 0.25) is 0 Å². The molecule has 0 atom stereocenters.